The number of hydrogen-bond acceptors (Lipinski definition) is 3. The molecule has 4 heterocycles. The van der Waals surface area contributed by atoms with Crippen molar-refractivity contribution in [2.75, 3.05) is 0 Å². The van der Waals surface area contributed by atoms with Gasteiger partial charge in [-0.2, -0.15) is 0 Å². The summed E-state index contributed by atoms with van der Waals surface area (Å²) in [6.07, 6.45) is 2.19. The summed E-state index contributed by atoms with van der Waals surface area (Å²) in [5.41, 5.74) is 12.0. The molecule has 12 rings (SSSR count). The molecule has 4 aromatic heterocycles. The first-order valence-corrected chi connectivity index (χ1v) is 19.9. The third-order valence-electron chi connectivity index (χ3n) is 11.5. The van der Waals surface area contributed by atoms with E-state index in [1.165, 1.54) is 38.0 Å². The highest BCUT2D eigenvalue weighted by molar-refractivity contribution is 6.23. The highest BCUT2D eigenvalue weighted by atomic mass is 15.0. The number of nitrogens with zero attached hydrogens (tertiary/aromatic N) is 6. The lowest BCUT2D eigenvalue weighted by Crippen LogP contribution is -2.00. The molecule has 0 aliphatic heterocycles. The molecule has 276 valence electrons. The number of benzene rings is 8. The van der Waals surface area contributed by atoms with Gasteiger partial charge in [0.2, 0.25) is 0 Å². The van der Waals surface area contributed by atoms with Gasteiger partial charge in [-0.25, -0.2) is 15.0 Å². The Bertz CT molecular complexity index is 3450. The Hall–Kier alpha value is -8.09. The third-order valence-corrected chi connectivity index (χ3v) is 11.5. The quantitative estimate of drug-likeness (QED) is 0.170. The van der Waals surface area contributed by atoms with Crippen molar-refractivity contribution >= 4 is 54.5 Å². The van der Waals surface area contributed by atoms with Crippen molar-refractivity contribution in [1.29, 1.82) is 0 Å². The molecule has 12 aromatic rings. The second kappa shape index (κ2) is 13.3. The van der Waals surface area contributed by atoms with Crippen LogP contribution in [0.3, 0.4) is 0 Å². The van der Waals surface area contributed by atoms with Crippen LogP contribution in [0.5, 0.6) is 0 Å². The number of fused-ring (bicyclic) bond motifs is 8. The van der Waals surface area contributed by atoms with Crippen molar-refractivity contribution in [3.8, 4) is 51.2 Å². The minimum Gasteiger partial charge on any atom is -0.316 e. The maximum atomic E-state index is 4.99. The summed E-state index contributed by atoms with van der Waals surface area (Å²) in [7, 11) is 0. The molecule has 0 radical (unpaired) electrons. The van der Waals surface area contributed by atoms with Gasteiger partial charge in [-0.15, -0.1) is 0 Å². The van der Waals surface area contributed by atoms with Crippen LogP contribution in [0.2, 0.25) is 0 Å². The lowest BCUT2D eigenvalue weighted by atomic mass is 10.1. The van der Waals surface area contributed by atoms with Crippen LogP contribution in [0.15, 0.2) is 206 Å². The summed E-state index contributed by atoms with van der Waals surface area (Å²) >= 11 is 0. The molecule has 0 saturated heterocycles. The topological polar surface area (TPSA) is 53.5 Å². The lowest BCUT2D eigenvalue weighted by molar-refractivity contribution is 1.07. The average Bonchev–Trinajstić information content (AvgIpc) is 3.99. The van der Waals surface area contributed by atoms with Crippen molar-refractivity contribution < 1.29 is 0 Å². The molecule has 0 aliphatic rings. The van der Waals surface area contributed by atoms with Gasteiger partial charge < -0.3 is 13.7 Å². The van der Waals surface area contributed by atoms with Crippen LogP contribution in [0.25, 0.3) is 106 Å². The zero-order valence-corrected chi connectivity index (χ0v) is 31.8. The van der Waals surface area contributed by atoms with Gasteiger partial charge in [0.05, 0.1) is 27.6 Å². The average molecular weight is 755 g/mol. The largest absolute Gasteiger partial charge is 0.316 e. The standard InChI is InChI=1S/C53H34N6/c1-5-15-35(16-6-1)51-54-52(36-17-7-2-8-18-36)56-53(55-51)37-25-27-40(28-26-37)58-47-24-14-13-23-41(47)44-33-45-42-29-30-46-43(31-32-57(46)38-19-9-3-10-20-38)50(42)59(49(45)34-48(44)58)39-21-11-4-12-22-39/h1-34H. The fourth-order valence-corrected chi connectivity index (χ4v) is 8.82. The number of hydrogen-bond donors (Lipinski definition) is 0. The van der Waals surface area contributed by atoms with Gasteiger partial charge in [-0.05, 0) is 78.9 Å². The Labute approximate surface area is 339 Å². The van der Waals surface area contributed by atoms with Gasteiger partial charge in [-0.1, -0.05) is 121 Å². The molecule has 0 aliphatic carbocycles. The normalized spacial score (nSPS) is 11.7. The van der Waals surface area contributed by atoms with Crippen molar-refractivity contribution in [3.63, 3.8) is 0 Å². The third kappa shape index (κ3) is 5.31. The van der Waals surface area contributed by atoms with Gasteiger partial charge in [0.25, 0.3) is 0 Å². The van der Waals surface area contributed by atoms with E-state index < -0.39 is 0 Å². The molecule has 6 heteroatoms. The highest BCUT2D eigenvalue weighted by Gasteiger charge is 2.21. The molecule has 8 aromatic carbocycles. The molecular formula is C53H34N6. The van der Waals surface area contributed by atoms with E-state index in [-0.39, 0.29) is 0 Å². The van der Waals surface area contributed by atoms with Crippen molar-refractivity contribution in [2.24, 2.45) is 0 Å². The van der Waals surface area contributed by atoms with E-state index in [0.717, 1.165) is 50.3 Å². The molecule has 0 bridgehead atoms. The summed E-state index contributed by atoms with van der Waals surface area (Å²) in [5, 5.41) is 6.09. The SMILES string of the molecule is c1ccc(-c2nc(-c3ccccc3)nc(-c3ccc(-n4c5ccccc5c5cc6c7ccc8c(ccn8-c8ccccc8)c7n(-c7ccccc7)c6cc54)cc3)n2)cc1. The summed E-state index contributed by atoms with van der Waals surface area (Å²) in [5.74, 6) is 1.92. The Morgan fingerprint density at radius 3 is 1.44 bits per heavy atom. The number of para-hydroxylation sites is 3. The van der Waals surface area contributed by atoms with Gasteiger partial charge in [0.15, 0.2) is 17.5 Å². The summed E-state index contributed by atoms with van der Waals surface area (Å²) in [6, 6.07) is 70.5. The number of rotatable bonds is 6. The van der Waals surface area contributed by atoms with E-state index in [2.05, 4.69) is 159 Å². The van der Waals surface area contributed by atoms with E-state index in [9.17, 15) is 0 Å². The lowest BCUT2D eigenvalue weighted by Gasteiger charge is -2.12. The first kappa shape index (κ1) is 33.1. The van der Waals surface area contributed by atoms with Gasteiger partial charge in [0.1, 0.15) is 0 Å². The Balaban J connectivity index is 1.07. The molecule has 0 fully saturated rings. The summed E-state index contributed by atoms with van der Waals surface area (Å²) < 4.78 is 7.12. The van der Waals surface area contributed by atoms with Crippen molar-refractivity contribution in [2.45, 2.75) is 0 Å². The van der Waals surface area contributed by atoms with Crippen LogP contribution in [0.1, 0.15) is 0 Å². The van der Waals surface area contributed by atoms with Crippen molar-refractivity contribution in [1.82, 2.24) is 28.7 Å². The van der Waals surface area contributed by atoms with Crippen LogP contribution >= 0.6 is 0 Å². The molecule has 0 spiro atoms. The molecule has 6 nitrogen and oxygen atoms in total. The maximum absolute atomic E-state index is 4.99. The fourth-order valence-electron chi connectivity index (χ4n) is 8.82. The van der Waals surface area contributed by atoms with E-state index in [4.69, 9.17) is 15.0 Å². The first-order valence-electron chi connectivity index (χ1n) is 19.9. The summed E-state index contributed by atoms with van der Waals surface area (Å²) in [6.45, 7) is 0. The van der Waals surface area contributed by atoms with Crippen LogP contribution in [-0.4, -0.2) is 28.7 Å². The molecule has 59 heavy (non-hydrogen) atoms. The highest BCUT2D eigenvalue weighted by Crippen LogP contribution is 2.42. The van der Waals surface area contributed by atoms with Crippen molar-refractivity contribution in [3.05, 3.63) is 206 Å². The predicted octanol–water partition coefficient (Wildman–Crippen LogP) is 13.0. The number of aromatic nitrogens is 6. The Morgan fingerprint density at radius 1 is 0.288 bits per heavy atom. The van der Waals surface area contributed by atoms with Gasteiger partial charge in [0, 0.05) is 66.9 Å². The minimum atomic E-state index is 0.632. The predicted molar refractivity (Wildman–Crippen MR) is 242 cm³/mol. The summed E-state index contributed by atoms with van der Waals surface area (Å²) in [4.78, 5) is 14.9. The molecule has 0 N–H and O–H groups in total. The van der Waals surface area contributed by atoms with E-state index >= 15 is 0 Å². The zero-order chi connectivity index (χ0) is 38.9. The van der Waals surface area contributed by atoms with Gasteiger partial charge >= 0.3 is 0 Å². The second-order valence-corrected chi connectivity index (χ2v) is 14.9. The molecule has 0 atom stereocenters. The first-order chi connectivity index (χ1) is 29.3. The smallest absolute Gasteiger partial charge is 0.164 e. The maximum Gasteiger partial charge on any atom is 0.164 e. The second-order valence-electron chi connectivity index (χ2n) is 14.9. The van der Waals surface area contributed by atoms with Crippen LogP contribution in [0, 0.1) is 0 Å². The van der Waals surface area contributed by atoms with E-state index in [0.29, 0.717) is 17.5 Å². The fraction of sp³-hybridized carbons (Fsp3) is 0. The molecule has 0 amide bonds. The van der Waals surface area contributed by atoms with Gasteiger partial charge in [-0.3, -0.25) is 0 Å². The van der Waals surface area contributed by atoms with Crippen LogP contribution < -0.4 is 0 Å². The Morgan fingerprint density at radius 2 is 0.797 bits per heavy atom. The van der Waals surface area contributed by atoms with E-state index in [1.807, 2.05) is 60.7 Å². The molecular weight excluding hydrogens is 721 g/mol. The monoisotopic (exact) mass is 754 g/mol. The minimum absolute atomic E-state index is 0.632. The molecule has 0 saturated carbocycles. The van der Waals surface area contributed by atoms with E-state index in [1.54, 1.807) is 0 Å². The zero-order valence-electron chi connectivity index (χ0n) is 31.8. The van der Waals surface area contributed by atoms with Crippen LogP contribution in [0.4, 0.5) is 0 Å². The Kier molecular flexibility index (Phi) is 7.43. The van der Waals surface area contributed by atoms with Crippen LogP contribution in [-0.2, 0) is 0 Å². The molecule has 0 unspecified atom stereocenters.